The van der Waals surface area contributed by atoms with Crippen LogP contribution in [0.25, 0.3) is 11.3 Å². The van der Waals surface area contributed by atoms with E-state index in [1.807, 2.05) is 42.5 Å². The molecule has 1 aromatic heterocycles. The number of hydrogen-bond donors (Lipinski definition) is 1. The first-order valence-corrected chi connectivity index (χ1v) is 11.3. The Morgan fingerprint density at radius 1 is 1.13 bits per heavy atom. The maximum atomic E-state index is 12.0. The van der Waals surface area contributed by atoms with Gasteiger partial charge in [-0.15, -0.1) is 0 Å². The lowest BCUT2D eigenvalue weighted by molar-refractivity contribution is -0.124. The van der Waals surface area contributed by atoms with Crippen molar-refractivity contribution in [1.29, 1.82) is 0 Å². The zero-order chi connectivity index (χ0) is 21.5. The van der Waals surface area contributed by atoms with Gasteiger partial charge in [0.1, 0.15) is 17.2 Å². The lowest BCUT2D eigenvalue weighted by Crippen LogP contribution is -2.37. The minimum Gasteiger partial charge on any atom is -0.484 e. The molecule has 0 spiro atoms. The van der Waals surface area contributed by atoms with Gasteiger partial charge in [0.25, 0.3) is 5.91 Å². The lowest BCUT2D eigenvalue weighted by Gasteiger charge is -2.22. The molecule has 1 unspecified atom stereocenters. The van der Waals surface area contributed by atoms with Gasteiger partial charge in [-0.05, 0) is 61.2 Å². The molecule has 31 heavy (non-hydrogen) atoms. The van der Waals surface area contributed by atoms with E-state index in [0.717, 1.165) is 52.9 Å². The Kier molecular flexibility index (Phi) is 7.38. The van der Waals surface area contributed by atoms with E-state index in [1.165, 1.54) is 0 Å². The number of nitrogens with one attached hydrogen (secondary N) is 1. The number of nitrogens with zero attached hydrogens (tertiary/aromatic N) is 1. The first kappa shape index (κ1) is 21.6. The van der Waals surface area contributed by atoms with Crippen molar-refractivity contribution in [3.05, 3.63) is 70.4 Å². The van der Waals surface area contributed by atoms with Crippen LogP contribution in [0.4, 0.5) is 0 Å². The number of carbonyl (C=O) groups is 1. The van der Waals surface area contributed by atoms with Gasteiger partial charge in [-0.25, -0.2) is 0 Å². The standard InChI is InChI=1S/C24H25BrN2O4/c25-19-8-4-17(5-9-19)13-22-14-23(27-31-22)18-6-10-20(11-7-18)30-16-24(28)26-15-21-3-1-2-12-29-21/h4-11,14,21H,1-3,12-13,15-16H2,(H,26,28). The van der Waals surface area contributed by atoms with Crippen LogP contribution in [0.3, 0.4) is 0 Å². The second kappa shape index (κ2) is 10.6. The van der Waals surface area contributed by atoms with E-state index < -0.39 is 0 Å². The van der Waals surface area contributed by atoms with Crippen LogP contribution in [-0.2, 0) is 16.0 Å². The Morgan fingerprint density at radius 2 is 1.94 bits per heavy atom. The molecule has 1 amide bonds. The summed E-state index contributed by atoms with van der Waals surface area (Å²) in [6.07, 6.45) is 4.05. The summed E-state index contributed by atoms with van der Waals surface area (Å²) in [5, 5.41) is 7.04. The molecule has 0 aliphatic carbocycles. The van der Waals surface area contributed by atoms with Crippen molar-refractivity contribution in [1.82, 2.24) is 10.5 Å². The highest BCUT2D eigenvalue weighted by atomic mass is 79.9. The fourth-order valence-corrected chi connectivity index (χ4v) is 3.72. The second-order valence-electron chi connectivity index (χ2n) is 7.59. The molecule has 1 atom stereocenters. The van der Waals surface area contributed by atoms with E-state index in [-0.39, 0.29) is 18.6 Å². The van der Waals surface area contributed by atoms with Gasteiger partial charge in [-0.3, -0.25) is 4.79 Å². The maximum Gasteiger partial charge on any atom is 0.258 e. The molecule has 3 aromatic rings. The Labute approximate surface area is 190 Å². The third-order valence-electron chi connectivity index (χ3n) is 5.17. The van der Waals surface area contributed by atoms with Gasteiger partial charge in [0.2, 0.25) is 0 Å². The smallest absolute Gasteiger partial charge is 0.258 e. The van der Waals surface area contributed by atoms with Gasteiger partial charge in [-0.1, -0.05) is 33.2 Å². The van der Waals surface area contributed by atoms with Crippen molar-refractivity contribution in [3.63, 3.8) is 0 Å². The molecule has 2 aromatic carbocycles. The predicted octanol–water partition coefficient (Wildman–Crippen LogP) is 4.76. The van der Waals surface area contributed by atoms with Crippen molar-refractivity contribution >= 4 is 21.8 Å². The predicted molar refractivity (Wildman–Crippen MR) is 121 cm³/mol. The highest BCUT2D eigenvalue weighted by Crippen LogP contribution is 2.23. The van der Waals surface area contributed by atoms with Crippen LogP contribution in [-0.4, -0.2) is 36.9 Å². The molecule has 4 rings (SSSR count). The first-order chi connectivity index (χ1) is 15.2. The number of benzene rings is 2. The van der Waals surface area contributed by atoms with Gasteiger partial charge in [0.05, 0.1) is 6.10 Å². The second-order valence-corrected chi connectivity index (χ2v) is 8.50. The summed E-state index contributed by atoms with van der Waals surface area (Å²) < 4.78 is 17.7. The molecule has 0 saturated carbocycles. The number of amides is 1. The number of rotatable bonds is 8. The molecule has 0 bridgehead atoms. The van der Waals surface area contributed by atoms with Crippen molar-refractivity contribution < 1.29 is 18.8 Å². The lowest BCUT2D eigenvalue weighted by atomic mass is 10.1. The zero-order valence-corrected chi connectivity index (χ0v) is 18.8. The van der Waals surface area contributed by atoms with Crippen molar-refractivity contribution in [2.24, 2.45) is 0 Å². The van der Waals surface area contributed by atoms with Gasteiger partial charge in [0, 0.05) is 35.7 Å². The Morgan fingerprint density at radius 3 is 2.68 bits per heavy atom. The fourth-order valence-electron chi connectivity index (χ4n) is 3.45. The SMILES string of the molecule is O=C(COc1ccc(-c2cc(Cc3ccc(Br)cc3)on2)cc1)NCC1CCCCO1. The monoisotopic (exact) mass is 484 g/mol. The summed E-state index contributed by atoms with van der Waals surface area (Å²) in [5.74, 6) is 1.29. The topological polar surface area (TPSA) is 73.6 Å². The molecule has 0 radical (unpaired) electrons. The molecular weight excluding hydrogens is 460 g/mol. The van der Waals surface area contributed by atoms with Crippen LogP contribution < -0.4 is 10.1 Å². The molecule has 1 aliphatic heterocycles. The number of hydrogen-bond acceptors (Lipinski definition) is 5. The summed E-state index contributed by atoms with van der Waals surface area (Å²) in [6, 6.07) is 17.5. The third kappa shape index (κ3) is 6.42. The molecule has 1 saturated heterocycles. The summed E-state index contributed by atoms with van der Waals surface area (Å²) in [4.78, 5) is 12.0. The molecule has 2 heterocycles. The largest absolute Gasteiger partial charge is 0.484 e. The minimum absolute atomic E-state index is 0.0205. The van der Waals surface area contributed by atoms with Crippen molar-refractivity contribution in [3.8, 4) is 17.0 Å². The van der Waals surface area contributed by atoms with Crippen LogP contribution in [0, 0.1) is 0 Å². The maximum absolute atomic E-state index is 12.0. The summed E-state index contributed by atoms with van der Waals surface area (Å²) in [7, 11) is 0. The van der Waals surface area contributed by atoms with E-state index >= 15 is 0 Å². The Bertz CT molecular complexity index is 980. The van der Waals surface area contributed by atoms with Crippen LogP contribution in [0.1, 0.15) is 30.6 Å². The summed E-state index contributed by atoms with van der Waals surface area (Å²) in [5.41, 5.74) is 2.85. The van der Waals surface area contributed by atoms with E-state index in [9.17, 15) is 4.79 Å². The average molecular weight is 485 g/mol. The molecule has 162 valence electrons. The van der Waals surface area contributed by atoms with E-state index in [4.69, 9.17) is 14.0 Å². The molecule has 1 fully saturated rings. The quantitative estimate of drug-likeness (QED) is 0.498. The van der Waals surface area contributed by atoms with Gasteiger partial charge in [-0.2, -0.15) is 0 Å². The zero-order valence-electron chi connectivity index (χ0n) is 17.2. The van der Waals surface area contributed by atoms with Crippen LogP contribution in [0.15, 0.2) is 63.6 Å². The number of carbonyl (C=O) groups excluding carboxylic acids is 1. The molecule has 6 nitrogen and oxygen atoms in total. The van der Waals surface area contributed by atoms with E-state index in [0.29, 0.717) is 18.7 Å². The average Bonchev–Trinajstić information content (AvgIpc) is 3.27. The van der Waals surface area contributed by atoms with Gasteiger partial charge in [0.15, 0.2) is 6.61 Å². The normalized spacial score (nSPS) is 16.1. The van der Waals surface area contributed by atoms with Crippen molar-refractivity contribution in [2.75, 3.05) is 19.8 Å². The summed E-state index contributed by atoms with van der Waals surface area (Å²) >= 11 is 3.44. The minimum atomic E-state index is -0.146. The molecule has 1 N–H and O–H groups in total. The number of ether oxygens (including phenoxy) is 2. The Balaban J connectivity index is 1.25. The van der Waals surface area contributed by atoms with Crippen LogP contribution in [0.5, 0.6) is 5.75 Å². The number of halogens is 1. The first-order valence-electron chi connectivity index (χ1n) is 10.5. The van der Waals surface area contributed by atoms with Gasteiger partial charge >= 0.3 is 0 Å². The van der Waals surface area contributed by atoms with Crippen molar-refractivity contribution in [2.45, 2.75) is 31.8 Å². The number of aromatic nitrogens is 1. The highest BCUT2D eigenvalue weighted by molar-refractivity contribution is 9.10. The van der Waals surface area contributed by atoms with Crippen LogP contribution in [0.2, 0.25) is 0 Å². The summed E-state index contributed by atoms with van der Waals surface area (Å²) in [6.45, 7) is 1.30. The van der Waals surface area contributed by atoms with Gasteiger partial charge < -0.3 is 19.3 Å². The highest BCUT2D eigenvalue weighted by Gasteiger charge is 2.15. The van der Waals surface area contributed by atoms with Crippen LogP contribution >= 0.6 is 15.9 Å². The fraction of sp³-hybridized carbons (Fsp3) is 0.333. The Hall–Kier alpha value is -2.64. The third-order valence-corrected chi connectivity index (χ3v) is 5.70. The van der Waals surface area contributed by atoms with E-state index in [1.54, 1.807) is 0 Å². The van der Waals surface area contributed by atoms with E-state index in [2.05, 4.69) is 38.5 Å². The molecule has 7 heteroatoms. The molecular formula is C24H25BrN2O4. The molecule has 1 aliphatic rings.